The first-order valence-corrected chi connectivity index (χ1v) is 8.58. The topological polar surface area (TPSA) is 83.6 Å². The fourth-order valence-corrected chi connectivity index (χ4v) is 3.93. The number of hydrogen-bond donors (Lipinski definition) is 1. The van der Waals surface area contributed by atoms with Crippen LogP contribution < -0.4 is 5.32 Å². The van der Waals surface area contributed by atoms with E-state index in [1.807, 2.05) is 12.1 Å². The molecule has 1 fully saturated rings. The number of nitrogens with one attached hydrogen (secondary N) is 1. The minimum Gasteiger partial charge on any atom is -0.332 e. The molecular formula is C15H14ClN5OS. The van der Waals surface area contributed by atoms with Crippen LogP contribution in [-0.4, -0.2) is 37.9 Å². The van der Waals surface area contributed by atoms with Crippen molar-refractivity contribution in [2.75, 3.05) is 11.5 Å². The Bertz CT molecular complexity index is 791. The van der Waals surface area contributed by atoms with Crippen molar-refractivity contribution in [1.29, 1.82) is 5.26 Å². The first-order valence-electron chi connectivity index (χ1n) is 7.05. The van der Waals surface area contributed by atoms with Gasteiger partial charge in [-0.1, -0.05) is 28.9 Å². The van der Waals surface area contributed by atoms with Crippen LogP contribution in [0.2, 0.25) is 5.02 Å². The summed E-state index contributed by atoms with van der Waals surface area (Å²) < 4.78 is 1.53. The molecule has 2 aromatic rings. The van der Waals surface area contributed by atoms with Crippen LogP contribution in [0.3, 0.4) is 0 Å². The number of aromatic nitrogens is 3. The van der Waals surface area contributed by atoms with Crippen LogP contribution in [-0.2, 0) is 0 Å². The predicted octanol–water partition coefficient (Wildman–Crippen LogP) is 2.36. The van der Waals surface area contributed by atoms with E-state index in [-0.39, 0.29) is 11.6 Å². The van der Waals surface area contributed by atoms with Crippen molar-refractivity contribution in [3.63, 3.8) is 0 Å². The van der Waals surface area contributed by atoms with Gasteiger partial charge in [-0.05, 0) is 31.2 Å². The van der Waals surface area contributed by atoms with Gasteiger partial charge < -0.3 is 5.32 Å². The zero-order chi connectivity index (χ0) is 16.4. The molecule has 1 aromatic carbocycles. The molecule has 1 aromatic heterocycles. The molecule has 2 heterocycles. The average Bonchev–Trinajstić information content (AvgIpc) is 3.15. The van der Waals surface area contributed by atoms with Crippen molar-refractivity contribution < 1.29 is 4.79 Å². The maximum Gasteiger partial charge on any atom is 0.275 e. The zero-order valence-corrected chi connectivity index (χ0v) is 14.0. The maximum absolute atomic E-state index is 12.5. The smallest absolute Gasteiger partial charge is 0.275 e. The summed E-state index contributed by atoms with van der Waals surface area (Å²) in [6.07, 6.45) is 0.637. The van der Waals surface area contributed by atoms with E-state index in [1.54, 1.807) is 30.8 Å². The summed E-state index contributed by atoms with van der Waals surface area (Å²) in [5, 5.41) is 20.7. The Morgan fingerprint density at radius 2 is 2.30 bits per heavy atom. The minimum atomic E-state index is -0.817. The molecule has 8 heteroatoms. The lowest BCUT2D eigenvalue weighted by atomic mass is 10.0. The van der Waals surface area contributed by atoms with E-state index in [2.05, 4.69) is 21.7 Å². The van der Waals surface area contributed by atoms with Crippen molar-refractivity contribution in [2.45, 2.75) is 18.9 Å². The third-order valence-corrected chi connectivity index (χ3v) is 5.29. The Morgan fingerprint density at radius 3 is 2.96 bits per heavy atom. The fraction of sp³-hybridized carbons (Fsp3) is 0.333. The van der Waals surface area contributed by atoms with Gasteiger partial charge in [-0.2, -0.15) is 17.0 Å². The highest BCUT2D eigenvalue weighted by Crippen LogP contribution is 2.28. The normalized spacial score (nSPS) is 20.2. The fourth-order valence-electron chi connectivity index (χ4n) is 2.45. The van der Waals surface area contributed by atoms with Crippen molar-refractivity contribution in [3.05, 3.63) is 40.7 Å². The van der Waals surface area contributed by atoms with Gasteiger partial charge in [0.15, 0.2) is 5.69 Å². The van der Waals surface area contributed by atoms with E-state index in [4.69, 9.17) is 11.6 Å². The van der Waals surface area contributed by atoms with E-state index in [0.717, 1.165) is 5.75 Å². The zero-order valence-electron chi connectivity index (χ0n) is 12.4. The van der Waals surface area contributed by atoms with Crippen molar-refractivity contribution in [3.8, 4) is 11.8 Å². The number of carbonyl (C=O) groups is 1. The molecule has 0 radical (unpaired) electrons. The molecule has 3 rings (SSSR count). The van der Waals surface area contributed by atoms with Gasteiger partial charge in [0.2, 0.25) is 0 Å². The summed E-state index contributed by atoms with van der Waals surface area (Å²) in [6, 6.07) is 9.42. The second-order valence-corrected chi connectivity index (χ2v) is 6.85. The number of benzene rings is 1. The first kappa shape index (κ1) is 15.8. The Labute approximate surface area is 142 Å². The van der Waals surface area contributed by atoms with E-state index in [9.17, 15) is 10.1 Å². The first-order chi connectivity index (χ1) is 11.1. The molecule has 118 valence electrons. The molecule has 1 saturated heterocycles. The van der Waals surface area contributed by atoms with Gasteiger partial charge in [0.1, 0.15) is 5.54 Å². The molecule has 0 spiro atoms. The molecule has 1 N–H and O–H groups in total. The van der Waals surface area contributed by atoms with Crippen LogP contribution in [0.1, 0.15) is 22.6 Å². The highest BCUT2D eigenvalue weighted by atomic mass is 35.5. The second-order valence-electron chi connectivity index (χ2n) is 5.34. The van der Waals surface area contributed by atoms with E-state index in [1.165, 1.54) is 4.68 Å². The van der Waals surface area contributed by atoms with Crippen molar-refractivity contribution in [1.82, 2.24) is 20.3 Å². The minimum absolute atomic E-state index is 0.205. The number of hydrogen-bond acceptors (Lipinski definition) is 5. The van der Waals surface area contributed by atoms with Crippen LogP contribution in [0.25, 0.3) is 5.69 Å². The van der Waals surface area contributed by atoms with Gasteiger partial charge in [0, 0.05) is 5.75 Å². The molecule has 1 aliphatic rings. The number of halogens is 1. The predicted molar refractivity (Wildman–Crippen MR) is 88.9 cm³/mol. The van der Waals surface area contributed by atoms with E-state index in [0.29, 0.717) is 28.6 Å². The third-order valence-electron chi connectivity index (χ3n) is 3.78. The van der Waals surface area contributed by atoms with Crippen LogP contribution >= 0.6 is 23.4 Å². The number of thioether (sulfide) groups is 1. The summed E-state index contributed by atoms with van der Waals surface area (Å²) >= 11 is 7.82. The largest absolute Gasteiger partial charge is 0.332 e. The monoisotopic (exact) mass is 347 g/mol. The standard InChI is InChI=1S/C15H14ClN5OS/c1-10-13(14(22)18-15(8-17)6-7-23-9-15)19-20-21(10)12-5-3-2-4-11(12)16/h2-5H,6-7,9H2,1H3,(H,18,22)/t15-/m1/s1. The summed E-state index contributed by atoms with van der Waals surface area (Å²) in [5.74, 6) is 1.07. The van der Waals surface area contributed by atoms with Crippen LogP contribution in [0.5, 0.6) is 0 Å². The van der Waals surface area contributed by atoms with E-state index >= 15 is 0 Å². The number of amides is 1. The van der Waals surface area contributed by atoms with Crippen LogP contribution in [0.15, 0.2) is 24.3 Å². The van der Waals surface area contributed by atoms with Gasteiger partial charge >= 0.3 is 0 Å². The second kappa shape index (κ2) is 6.22. The Hall–Kier alpha value is -2.04. The average molecular weight is 348 g/mol. The van der Waals surface area contributed by atoms with Crippen LogP contribution in [0.4, 0.5) is 0 Å². The summed E-state index contributed by atoms with van der Waals surface area (Å²) in [5.41, 5.74) is 0.623. The highest BCUT2D eigenvalue weighted by Gasteiger charge is 2.37. The Morgan fingerprint density at radius 1 is 1.52 bits per heavy atom. The lowest BCUT2D eigenvalue weighted by Gasteiger charge is -2.20. The van der Waals surface area contributed by atoms with Crippen molar-refractivity contribution >= 4 is 29.3 Å². The van der Waals surface area contributed by atoms with Gasteiger partial charge in [0.25, 0.3) is 5.91 Å². The molecule has 23 heavy (non-hydrogen) atoms. The number of nitriles is 1. The number of nitrogens with zero attached hydrogens (tertiary/aromatic N) is 4. The molecule has 1 aliphatic heterocycles. The molecule has 1 atom stereocenters. The van der Waals surface area contributed by atoms with Gasteiger partial charge in [-0.3, -0.25) is 4.79 Å². The lowest BCUT2D eigenvalue weighted by Crippen LogP contribution is -2.47. The maximum atomic E-state index is 12.5. The Balaban J connectivity index is 1.89. The third kappa shape index (κ3) is 2.92. The molecule has 0 bridgehead atoms. The van der Waals surface area contributed by atoms with Gasteiger partial charge in [-0.25, -0.2) is 4.68 Å². The van der Waals surface area contributed by atoms with Gasteiger partial charge in [0.05, 0.1) is 22.5 Å². The molecule has 0 saturated carbocycles. The Kier molecular flexibility index (Phi) is 4.28. The number of rotatable bonds is 3. The van der Waals surface area contributed by atoms with Crippen LogP contribution in [0, 0.1) is 18.3 Å². The number of carbonyl (C=O) groups excluding carboxylic acids is 1. The van der Waals surface area contributed by atoms with Gasteiger partial charge in [-0.15, -0.1) is 5.10 Å². The number of para-hydroxylation sites is 1. The molecular weight excluding hydrogens is 334 g/mol. The summed E-state index contributed by atoms with van der Waals surface area (Å²) in [4.78, 5) is 12.5. The molecule has 0 aliphatic carbocycles. The molecule has 1 amide bonds. The van der Waals surface area contributed by atoms with E-state index < -0.39 is 5.54 Å². The summed E-state index contributed by atoms with van der Waals surface area (Å²) in [7, 11) is 0. The van der Waals surface area contributed by atoms with Crippen molar-refractivity contribution in [2.24, 2.45) is 0 Å². The SMILES string of the molecule is Cc1c(C(=O)N[C@@]2(C#N)CCSC2)nnn1-c1ccccc1Cl. The highest BCUT2D eigenvalue weighted by molar-refractivity contribution is 7.99. The lowest BCUT2D eigenvalue weighted by molar-refractivity contribution is 0.0920. The molecule has 0 unspecified atom stereocenters. The molecule has 6 nitrogen and oxygen atoms in total. The quantitative estimate of drug-likeness (QED) is 0.921. The summed E-state index contributed by atoms with van der Waals surface area (Å²) in [6.45, 7) is 1.75.